The van der Waals surface area contributed by atoms with E-state index in [1.807, 2.05) is 0 Å². The molecule has 12 heteroatoms. The van der Waals surface area contributed by atoms with Crippen LogP contribution in [0.5, 0.6) is 11.5 Å². The van der Waals surface area contributed by atoms with E-state index in [1.165, 1.54) is 24.4 Å². The number of halogens is 3. The van der Waals surface area contributed by atoms with Crippen molar-refractivity contribution in [2.24, 2.45) is 5.92 Å². The molecule has 0 unspecified atom stereocenters. The second kappa shape index (κ2) is 9.29. The van der Waals surface area contributed by atoms with Gasteiger partial charge in [-0.05, 0) is 56.5 Å². The molecule has 1 aromatic heterocycles. The highest BCUT2D eigenvalue weighted by Crippen LogP contribution is 2.42. The lowest BCUT2D eigenvalue weighted by molar-refractivity contribution is -0.286. The van der Waals surface area contributed by atoms with Gasteiger partial charge < -0.3 is 19.5 Å². The Morgan fingerprint density at radius 2 is 1.91 bits per heavy atom. The maximum Gasteiger partial charge on any atom is 0.586 e. The van der Waals surface area contributed by atoms with Crippen LogP contribution in [0.2, 0.25) is 5.15 Å². The summed E-state index contributed by atoms with van der Waals surface area (Å²) in [7, 11) is 0. The van der Waals surface area contributed by atoms with Crippen molar-refractivity contribution in [1.82, 2.24) is 15.2 Å². The number of fused-ring (bicyclic) bond motifs is 1. The molecule has 9 nitrogen and oxygen atoms in total. The van der Waals surface area contributed by atoms with Crippen molar-refractivity contribution in [1.29, 1.82) is 0 Å². The Morgan fingerprint density at radius 3 is 2.57 bits per heavy atom. The summed E-state index contributed by atoms with van der Waals surface area (Å²) < 4.78 is 40.7. The number of carbonyl (C=O) groups excluding carboxylic acids is 3. The predicted molar refractivity (Wildman–Crippen MR) is 118 cm³/mol. The van der Waals surface area contributed by atoms with E-state index >= 15 is 0 Å². The van der Waals surface area contributed by atoms with Crippen LogP contribution in [-0.4, -0.2) is 46.2 Å². The van der Waals surface area contributed by atoms with Crippen LogP contribution in [0.3, 0.4) is 0 Å². The summed E-state index contributed by atoms with van der Waals surface area (Å²) >= 11 is 5.80. The number of carbonyl (C=O) groups is 3. The van der Waals surface area contributed by atoms with E-state index in [-0.39, 0.29) is 23.1 Å². The molecule has 3 atom stereocenters. The van der Waals surface area contributed by atoms with E-state index in [4.69, 9.17) is 16.3 Å². The lowest BCUT2D eigenvalue weighted by atomic mass is 9.82. The van der Waals surface area contributed by atoms with Crippen molar-refractivity contribution in [2.45, 2.75) is 51.7 Å². The third-order valence-corrected chi connectivity index (χ3v) is 5.76. The number of rotatable bonds is 6. The Morgan fingerprint density at radius 1 is 1.20 bits per heavy atom. The fourth-order valence-corrected chi connectivity index (χ4v) is 4.01. The van der Waals surface area contributed by atoms with Crippen molar-refractivity contribution in [3.8, 4) is 11.5 Å². The number of hydrogen-bond donors (Lipinski definition) is 1. The number of esters is 1. The molecule has 1 N–H and O–H groups in total. The van der Waals surface area contributed by atoms with Gasteiger partial charge in [0.25, 0.3) is 0 Å². The van der Waals surface area contributed by atoms with Gasteiger partial charge in [0.05, 0.1) is 18.1 Å². The van der Waals surface area contributed by atoms with E-state index in [0.717, 1.165) is 4.90 Å². The van der Waals surface area contributed by atoms with E-state index in [1.54, 1.807) is 32.9 Å². The summed E-state index contributed by atoms with van der Waals surface area (Å²) in [6, 6.07) is 4.66. The minimum absolute atomic E-state index is 0.133. The van der Waals surface area contributed by atoms with Gasteiger partial charge in [-0.3, -0.25) is 4.79 Å². The number of ether oxygens (including phenoxy) is 3. The van der Waals surface area contributed by atoms with E-state index in [2.05, 4.69) is 19.8 Å². The number of nitrogens with zero attached hydrogens (tertiary/aromatic N) is 2. The highest BCUT2D eigenvalue weighted by Gasteiger charge is 2.55. The summed E-state index contributed by atoms with van der Waals surface area (Å²) in [5.41, 5.74) is 1.09. The lowest BCUT2D eigenvalue weighted by Crippen LogP contribution is -2.69. The van der Waals surface area contributed by atoms with Crippen LogP contribution in [0.4, 0.5) is 13.6 Å². The highest BCUT2D eigenvalue weighted by atomic mass is 35.5. The molecule has 35 heavy (non-hydrogen) atoms. The first-order valence-corrected chi connectivity index (χ1v) is 11.2. The third-order valence-electron chi connectivity index (χ3n) is 5.54. The summed E-state index contributed by atoms with van der Waals surface area (Å²) in [5.74, 6) is -2.40. The molecule has 0 spiro atoms. The Bertz CT molecular complexity index is 1160. The molecule has 2 aliphatic rings. The number of pyridine rings is 1. The minimum atomic E-state index is -3.77. The predicted octanol–water partition coefficient (Wildman–Crippen LogP) is 3.85. The molecule has 0 saturated carbocycles. The van der Waals surface area contributed by atoms with Gasteiger partial charge in [0.2, 0.25) is 5.91 Å². The maximum atomic E-state index is 13.3. The van der Waals surface area contributed by atoms with Crippen LogP contribution >= 0.6 is 11.6 Å². The molecule has 3 heterocycles. The van der Waals surface area contributed by atoms with E-state index in [0.29, 0.717) is 11.1 Å². The zero-order valence-electron chi connectivity index (χ0n) is 19.0. The molecule has 0 bridgehead atoms. The summed E-state index contributed by atoms with van der Waals surface area (Å²) in [6.07, 6.45) is -2.56. The van der Waals surface area contributed by atoms with Crippen LogP contribution in [0.1, 0.15) is 37.9 Å². The first-order chi connectivity index (χ1) is 16.4. The average molecular weight is 510 g/mol. The molecule has 186 valence electrons. The Labute approximate surface area is 204 Å². The topological polar surface area (TPSA) is 107 Å². The second-order valence-electron chi connectivity index (χ2n) is 8.48. The number of aromatic nitrogens is 1. The number of nitrogens with one attached hydrogen (secondary N) is 1. The molecule has 3 amide bonds. The van der Waals surface area contributed by atoms with E-state index in [9.17, 15) is 23.2 Å². The molecule has 0 aliphatic carbocycles. The summed E-state index contributed by atoms with van der Waals surface area (Å²) in [4.78, 5) is 43.4. The minimum Gasteiger partial charge on any atom is -0.461 e. The normalized spacial score (nSPS) is 20.9. The largest absolute Gasteiger partial charge is 0.586 e. The second-order valence-corrected chi connectivity index (χ2v) is 8.87. The Hall–Kier alpha value is -3.47. The molecular formula is C23H22ClF2N3O6. The van der Waals surface area contributed by atoms with Crippen LogP contribution in [0.15, 0.2) is 36.5 Å². The van der Waals surface area contributed by atoms with Gasteiger partial charge in [0, 0.05) is 6.20 Å². The zero-order chi connectivity index (χ0) is 25.5. The zero-order valence-corrected chi connectivity index (χ0v) is 19.7. The number of alkyl halides is 2. The first kappa shape index (κ1) is 24.6. The first-order valence-electron chi connectivity index (χ1n) is 10.8. The monoisotopic (exact) mass is 509 g/mol. The fourth-order valence-electron chi connectivity index (χ4n) is 3.90. The van der Waals surface area contributed by atoms with Crippen molar-refractivity contribution in [3.63, 3.8) is 0 Å². The van der Waals surface area contributed by atoms with Crippen molar-refractivity contribution in [2.75, 3.05) is 0 Å². The molecule has 0 radical (unpaired) electrons. The maximum absolute atomic E-state index is 13.3. The van der Waals surface area contributed by atoms with Gasteiger partial charge in [0.1, 0.15) is 5.15 Å². The average Bonchev–Trinajstić information content (AvgIpc) is 3.08. The molecule has 1 aromatic carbocycles. The molecule has 1 fully saturated rings. The van der Waals surface area contributed by atoms with Crippen LogP contribution in [0, 0.1) is 5.92 Å². The fraction of sp³-hybridized carbons (Fsp3) is 0.391. The quantitative estimate of drug-likeness (QED) is 0.358. The van der Waals surface area contributed by atoms with Gasteiger partial charge >= 0.3 is 18.3 Å². The highest BCUT2D eigenvalue weighted by molar-refractivity contribution is 6.29. The van der Waals surface area contributed by atoms with Gasteiger partial charge in [-0.15, -0.1) is 8.78 Å². The number of amides is 3. The molecule has 2 aliphatic heterocycles. The molecule has 1 saturated heterocycles. The van der Waals surface area contributed by atoms with Crippen LogP contribution in [0.25, 0.3) is 0 Å². The van der Waals surface area contributed by atoms with Crippen LogP contribution in [-0.2, 0) is 20.7 Å². The van der Waals surface area contributed by atoms with Crippen LogP contribution < -0.4 is 14.8 Å². The van der Waals surface area contributed by atoms with Crippen molar-refractivity contribution < 1.29 is 37.4 Å². The number of β-lactam (4-membered cyclic amide) rings is 1. The van der Waals surface area contributed by atoms with Crippen molar-refractivity contribution in [3.05, 3.63) is 52.8 Å². The molecular weight excluding hydrogens is 488 g/mol. The number of urea groups is 1. The third kappa shape index (κ3) is 5.14. The number of benzene rings is 1. The smallest absolute Gasteiger partial charge is 0.461 e. The van der Waals surface area contributed by atoms with Crippen molar-refractivity contribution >= 4 is 29.5 Å². The summed E-state index contributed by atoms with van der Waals surface area (Å²) in [5, 5.41) is 2.90. The number of imide groups is 1. The van der Waals surface area contributed by atoms with Gasteiger partial charge in [-0.2, -0.15) is 0 Å². The number of hydrogen-bond acceptors (Lipinski definition) is 7. The lowest BCUT2D eigenvalue weighted by Gasteiger charge is -2.44. The molecule has 4 rings (SSSR count). The SMILES string of the molecule is CC(C)OC(=O)[C@@H]1[C@@H](Cc2ccc(Cl)nc2)C(=O)N1C(=O)N[C@H](C)c1ccc2c(c1)OC(F)(F)O2. The van der Waals surface area contributed by atoms with E-state index < -0.39 is 48.3 Å². The Balaban J connectivity index is 1.49. The standard InChI is InChI=1S/C23H22ClF2N3O6/c1-11(2)33-21(31)19-15(8-13-4-7-18(24)27-10-13)20(30)29(19)22(32)28-12(3)14-5-6-16-17(9-14)35-23(25,26)34-16/h4-7,9-12,15,19H,8H2,1-3H3,(H,28,32)/t12-,15-,19+/m1/s1. The van der Waals surface area contributed by atoms with Gasteiger partial charge in [-0.1, -0.05) is 23.7 Å². The van der Waals surface area contributed by atoms with Gasteiger partial charge in [0.15, 0.2) is 17.5 Å². The number of likely N-dealkylation sites (tertiary alicyclic amines) is 1. The Kier molecular flexibility index (Phi) is 6.54. The molecule has 2 aromatic rings. The summed E-state index contributed by atoms with van der Waals surface area (Å²) in [6.45, 7) is 4.91. The van der Waals surface area contributed by atoms with Gasteiger partial charge in [-0.25, -0.2) is 19.5 Å².